The maximum atomic E-state index is 6.47. The highest BCUT2D eigenvalue weighted by Gasteiger charge is 2.38. The number of benzene rings is 2. The van der Waals surface area contributed by atoms with Crippen LogP contribution in [0.4, 0.5) is 11.4 Å². The van der Waals surface area contributed by atoms with Gasteiger partial charge in [0.1, 0.15) is 5.75 Å². The summed E-state index contributed by atoms with van der Waals surface area (Å²) < 4.78 is 6.47. The van der Waals surface area contributed by atoms with E-state index in [1.165, 1.54) is 37.1 Å². The van der Waals surface area contributed by atoms with Gasteiger partial charge in [-0.1, -0.05) is 65.2 Å². The molecule has 1 unspecified atom stereocenters. The van der Waals surface area contributed by atoms with Crippen LogP contribution >= 0.6 is 0 Å². The maximum Gasteiger partial charge on any atom is 0.250 e. The van der Waals surface area contributed by atoms with Crippen LogP contribution in [-0.4, -0.2) is 14.4 Å². The molecule has 0 radical (unpaired) electrons. The summed E-state index contributed by atoms with van der Waals surface area (Å²) in [5.41, 5.74) is 2.49. The molecule has 154 valence electrons. The molecule has 0 amide bonds. The smallest absolute Gasteiger partial charge is 0.250 e. The Kier molecular flexibility index (Phi) is 7.76. The maximum absolute atomic E-state index is 6.47. The molecule has 0 fully saturated rings. The Morgan fingerprint density at radius 1 is 0.893 bits per heavy atom. The lowest BCUT2D eigenvalue weighted by atomic mass is 10.1. The zero-order valence-corrected chi connectivity index (χ0v) is 20.0. The van der Waals surface area contributed by atoms with Crippen molar-refractivity contribution in [3.05, 3.63) is 54.6 Å². The Morgan fingerprint density at radius 3 is 2.00 bits per heavy atom. The van der Waals surface area contributed by atoms with E-state index in [0.29, 0.717) is 6.04 Å². The van der Waals surface area contributed by atoms with Crippen LogP contribution in [-0.2, 0) is 0 Å². The van der Waals surface area contributed by atoms with Gasteiger partial charge >= 0.3 is 0 Å². The first-order valence-electron chi connectivity index (χ1n) is 10.8. The molecule has 28 heavy (non-hydrogen) atoms. The molecule has 2 nitrogen and oxygen atoms in total. The monoisotopic (exact) mass is 397 g/mol. The zero-order valence-electron chi connectivity index (χ0n) is 19.0. The van der Waals surface area contributed by atoms with E-state index < -0.39 is 8.32 Å². The fourth-order valence-electron chi connectivity index (χ4n) is 3.19. The molecule has 0 aromatic heterocycles. The lowest BCUT2D eigenvalue weighted by molar-refractivity contribution is 0.492. The summed E-state index contributed by atoms with van der Waals surface area (Å²) in [7, 11) is -1.81. The van der Waals surface area contributed by atoms with Crippen molar-refractivity contribution in [3.8, 4) is 5.75 Å². The van der Waals surface area contributed by atoms with Crippen LogP contribution in [0.3, 0.4) is 0 Å². The number of rotatable bonds is 9. The van der Waals surface area contributed by atoms with Crippen molar-refractivity contribution < 1.29 is 4.43 Å². The molecule has 2 aromatic carbocycles. The fraction of sp³-hybridized carbons (Fsp3) is 0.520. The van der Waals surface area contributed by atoms with Crippen molar-refractivity contribution in [2.75, 3.05) is 4.90 Å². The van der Waals surface area contributed by atoms with Gasteiger partial charge in [0.15, 0.2) is 0 Å². The Morgan fingerprint density at radius 2 is 1.46 bits per heavy atom. The number of hydrogen-bond donors (Lipinski definition) is 0. The van der Waals surface area contributed by atoms with Crippen molar-refractivity contribution in [1.29, 1.82) is 0 Å². The summed E-state index contributed by atoms with van der Waals surface area (Å²) >= 11 is 0. The summed E-state index contributed by atoms with van der Waals surface area (Å²) in [6.45, 7) is 16.0. The van der Waals surface area contributed by atoms with Crippen molar-refractivity contribution in [1.82, 2.24) is 0 Å². The standard InChI is InChI=1S/C25H39NOSi/c1-8-9-11-14-21(2)26(22-15-12-10-13-16-22)23-17-19-24(20-18-23)27-28(6,7)25(3,4)5/h10,12-13,15-21H,8-9,11,14H2,1-7H3. The normalized spacial score (nSPS) is 13.2. The molecule has 2 rings (SSSR count). The Labute approximate surface area is 174 Å². The van der Waals surface area contributed by atoms with Crippen LogP contribution in [0.25, 0.3) is 0 Å². The van der Waals surface area contributed by atoms with E-state index >= 15 is 0 Å². The van der Waals surface area contributed by atoms with E-state index in [9.17, 15) is 0 Å². The van der Waals surface area contributed by atoms with Gasteiger partial charge in [0.2, 0.25) is 8.32 Å². The SMILES string of the molecule is CCCCCC(C)N(c1ccccc1)c1ccc(O[Si](C)(C)C(C)(C)C)cc1. The van der Waals surface area contributed by atoms with Crippen molar-refractivity contribution in [2.45, 2.75) is 84.5 Å². The quantitative estimate of drug-likeness (QED) is 0.312. The highest BCUT2D eigenvalue weighted by atomic mass is 28.4. The predicted octanol–water partition coefficient (Wildman–Crippen LogP) is 8.18. The van der Waals surface area contributed by atoms with Gasteiger partial charge in [-0.15, -0.1) is 0 Å². The number of hydrogen-bond acceptors (Lipinski definition) is 2. The van der Waals surface area contributed by atoms with Crippen molar-refractivity contribution in [2.24, 2.45) is 0 Å². The molecule has 0 heterocycles. The largest absolute Gasteiger partial charge is 0.544 e. The van der Waals surface area contributed by atoms with Crippen LogP contribution in [0.5, 0.6) is 5.75 Å². The van der Waals surface area contributed by atoms with Gasteiger partial charge < -0.3 is 9.33 Å². The first-order valence-corrected chi connectivity index (χ1v) is 13.7. The Bertz CT molecular complexity index is 704. The second kappa shape index (κ2) is 9.64. The van der Waals surface area contributed by atoms with Crippen LogP contribution in [0, 0.1) is 0 Å². The summed E-state index contributed by atoms with van der Waals surface area (Å²) in [6, 6.07) is 19.9. The molecule has 1 atom stereocenters. The molecule has 0 saturated heterocycles. The molecule has 2 aromatic rings. The summed E-state index contributed by atoms with van der Waals surface area (Å²) in [6.07, 6.45) is 5.03. The second-order valence-corrected chi connectivity index (χ2v) is 14.1. The van der Waals surface area contributed by atoms with Gasteiger partial charge in [0.05, 0.1) is 0 Å². The van der Waals surface area contributed by atoms with E-state index in [2.05, 4.69) is 107 Å². The minimum absolute atomic E-state index is 0.204. The van der Waals surface area contributed by atoms with E-state index in [1.54, 1.807) is 0 Å². The van der Waals surface area contributed by atoms with Gasteiger partial charge in [-0.3, -0.25) is 0 Å². The second-order valence-electron chi connectivity index (χ2n) is 9.41. The lowest BCUT2D eigenvalue weighted by Gasteiger charge is -2.36. The molecule has 0 aliphatic heterocycles. The third kappa shape index (κ3) is 5.87. The van der Waals surface area contributed by atoms with E-state index in [-0.39, 0.29) is 5.04 Å². The average molecular weight is 398 g/mol. The number of unbranched alkanes of at least 4 members (excludes halogenated alkanes) is 2. The summed E-state index contributed by atoms with van der Waals surface area (Å²) in [4.78, 5) is 2.46. The third-order valence-electron chi connectivity index (χ3n) is 5.99. The number of para-hydroxylation sites is 1. The predicted molar refractivity (Wildman–Crippen MR) is 126 cm³/mol. The molecule has 0 aliphatic rings. The van der Waals surface area contributed by atoms with Gasteiger partial charge in [-0.25, -0.2) is 0 Å². The molecular formula is C25H39NOSi. The average Bonchev–Trinajstić information content (AvgIpc) is 2.63. The number of nitrogens with zero attached hydrogens (tertiary/aromatic N) is 1. The van der Waals surface area contributed by atoms with Gasteiger partial charge in [0.25, 0.3) is 0 Å². The lowest BCUT2D eigenvalue weighted by Crippen LogP contribution is -2.43. The highest BCUT2D eigenvalue weighted by Crippen LogP contribution is 2.38. The first-order chi connectivity index (χ1) is 13.2. The fourth-order valence-corrected chi connectivity index (χ4v) is 4.22. The minimum Gasteiger partial charge on any atom is -0.544 e. The minimum atomic E-state index is -1.81. The van der Waals surface area contributed by atoms with E-state index in [0.717, 1.165) is 5.75 Å². The zero-order chi connectivity index (χ0) is 20.8. The number of anilines is 2. The third-order valence-corrected chi connectivity index (χ3v) is 10.4. The van der Waals surface area contributed by atoms with Gasteiger partial charge in [0, 0.05) is 17.4 Å². The van der Waals surface area contributed by atoms with Crippen LogP contribution in [0.15, 0.2) is 54.6 Å². The summed E-state index contributed by atoms with van der Waals surface area (Å²) in [5, 5.41) is 0.204. The molecule has 0 aliphatic carbocycles. The van der Waals surface area contributed by atoms with Gasteiger partial charge in [-0.2, -0.15) is 0 Å². The Hall–Kier alpha value is -1.74. The Balaban J connectivity index is 2.24. The van der Waals surface area contributed by atoms with Crippen molar-refractivity contribution in [3.63, 3.8) is 0 Å². The molecular weight excluding hydrogens is 358 g/mol. The molecule has 0 spiro atoms. The molecule has 3 heteroatoms. The first kappa shape index (κ1) is 22.5. The summed E-state index contributed by atoms with van der Waals surface area (Å²) in [5.74, 6) is 0.988. The van der Waals surface area contributed by atoms with Crippen molar-refractivity contribution >= 4 is 19.7 Å². The van der Waals surface area contributed by atoms with Crippen LogP contribution < -0.4 is 9.33 Å². The topological polar surface area (TPSA) is 12.5 Å². The highest BCUT2D eigenvalue weighted by molar-refractivity contribution is 6.74. The van der Waals surface area contributed by atoms with Crippen LogP contribution in [0.2, 0.25) is 18.1 Å². The van der Waals surface area contributed by atoms with E-state index in [1.807, 2.05) is 0 Å². The molecule has 0 N–H and O–H groups in total. The van der Waals surface area contributed by atoms with Gasteiger partial charge in [-0.05, 0) is 67.9 Å². The van der Waals surface area contributed by atoms with Crippen LogP contribution in [0.1, 0.15) is 60.3 Å². The molecule has 0 bridgehead atoms. The van der Waals surface area contributed by atoms with E-state index in [4.69, 9.17) is 4.43 Å². The molecule has 0 saturated carbocycles.